The van der Waals surface area contributed by atoms with Gasteiger partial charge in [-0.15, -0.1) is 0 Å². The highest BCUT2D eigenvalue weighted by Gasteiger charge is 2.59. The summed E-state index contributed by atoms with van der Waals surface area (Å²) in [5, 5.41) is 6.98. The molecule has 6 nitrogen and oxygen atoms in total. The zero-order chi connectivity index (χ0) is 13.1. The Balaban J connectivity index is 1.87. The molecule has 18 heavy (non-hydrogen) atoms. The number of nitrogens with one attached hydrogen (secondary N) is 1. The molecule has 1 amide bonds. The summed E-state index contributed by atoms with van der Waals surface area (Å²) in [5.74, 6) is 0.488. The van der Waals surface area contributed by atoms with Gasteiger partial charge in [-0.2, -0.15) is 5.10 Å². The van der Waals surface area contributed by atoms with E-state index in [1.807, 2.05) is 20.8 Å². The molecular formula is C12H18N4O2. The molecule has 1 aliphatic carbocycles. The smallest absolute Gasteiger partial charge is 0.411 e. The van der Waals surface area contributed by atoms with E-state index in [-0.39, 0.29) is 11.6 Å². The number of rotatable bonds is 0. The number of fused-ring (bicyclic) bond motifs is 2. The van der Waals surface area contributed by atoms with Crippen LogP contribution < -0.4 is 5.73 Å². The van der Waals surface area contributed by atoms with Gasteiger partial charge in [0.05, 0.1) is 17.8 Å². The van der Waals surface area contributed by atoms with E-state index >= 15 is 0 Å². The molecule has 0 unspecified atom stereocenters. The van der Waals surface area contributed by atoms with Crippen LogP contribution in [0, 0.1) is 0 Å². The van der Waals surface area contributed by atoms with Crippen molar-refractivity contribution in [3.63, 3.8) is 0 Å². The van der Waals surface area contributed by atoms with Crippen molar-refractivity contribution in [3.8, 4) is 0 Å². The first kappa shape index (κ1) is 11.4. The fourth-order valence-corrected chi connectivity index (χ4v) is 2.56. The zero-order valence-corrected chi connectivity index (χ0v) is 10.9. The van der Waals surface area contributed by atoms with E-state index < -0.39 is 5.60 Å². The van der Waals surface area contributed by atoms with Crippen LogP contribution in [0.25, 0.3) is 0 Å². The van der Waals surface area contributed by atoms with Gasteiger partial charge in [0, 0.05) is 5.56 Å². The molecule has 0 atom stereocenters. The standard InChI is InChI=1S/C12H18N4O2/c1-11(2,3)18-10(17)16-6-7-8(12(16)4-5-12)14-15-9(7)13/h4-6H2,1-3H3,(H3,13,14,15). The topological polar surface area (TPSA) is 84.2 Å². The highest BCUT2D eigenvalue weighted by atomic mass is 16.6. The Hall–Kier alpha value is -1.72. The van der Waals surface area contributed by atoms with Gasteiger partial charge in [-0.1, -0.05) is 0 Å². The predicted molar refractivity (Wildman–Crippen MR) is 65.7 cm³/mol. The SMILES string of the molecule is CC(C)(C)OC(=O)N1Cc2c(N)n[nH]c2C12CC2. The van der Waals surface area contributed by atoms with Gasteiger partial charge in [-0.05, 0) is 33.6 Å². The van der Waals surface area contributed by atoms with Gasteiger partial charge in [0.1, 0.15) is 5.60 Å². The van der Waals surface area contributed by atoms with Crippen LogP contribution in [0.3, 0.4) is 0 Å². The molecule has 6 heteroatoms. The number of nitrogen functional groups attached to an aromatic ring is 1. The summed E-state index contributed by atoms with van der Waals surface area (Å²) in [6.45, 7) is 6.10. The lowest BCUT2D eigenvalue weighted by molar-refractivity contribution is 0.0137. The summed E-state index contributed by atoms with van der Waals surface area (Å²) in [6.07, 6.45) is 1.62. The fraction of sp³-hybridized carbons (Fsp3) is 0.667. The molecule has 1 saturated carbocycles. The minimum Gasteiger partial charge on any atom is -0.444 e. The second-order valence-electron chi connectivity index (χ2n) is 6.06. The van der Waals surface area contributed by atoms with Crippen molar-refractivity contribution in [3.05, 3.63) is 11.3 Å². The summed E-state index contributed by atoms with van der Waals surface area (Å²) in [4.78, 5) is 14.0. The number of nitrogens with two attached hydrogens (primary N) is 1. The number of nitrogens with zero attached hydrogens (tertiary/aromatic N) is 2. The number of hydrogen-bond donors (Lipinski definition) is 2. The number of carbonyl (C=O) groups excluding carboxylic acids is 1. The largest absolute Gasteiger partial charge is 0.444 e. The number of H-pyrrole nitrogens is 1. The minimum absolute atomic E-state index is 0.234. The summed E-state index contributed by atoms with van der Waals surface area (Å²) >= 11 is 0. The highest BCUT2D eigenvalue weighted by Crippen LogP contribution is 2.57. The van der Waals surface area contributed by atoms with Crippen molar-refractivity contribution >= 4 is 11.9 Å². The molecule has 0 saturated heterocycles. The Kier molecular flexibility index (Phi) is 2.01. The molecule has 1 aromatic rings. The third-order valence-corrected chi connectivity index (χ3v) is 3.53. The maximum absolute atomic E-state index is 12.2. The van der Waals surface area contributed by atoms with E-state index in [0.29, 0.717) is 12.4 Å². The summed E-state index contributed by atoms with van der Waals surface area (Å²) in [5.41, 5.74) is 7.03. The zero-order valence-electron chi connectivity index (χ0n) is 10.9. The molecule has 3 rings (SSSR count). The normalized spacial score (nSPS) is 20.1. The predicted octanol–water partition coefficient (Wildman–Crippen LogP) is 1.73. The first-order valence-electron chi connectivity index (χ1n) is 6.17. The van der Waals surface area contributed by atoms with Crippen LogP contribution >= 0.6 is 0 Å². The van der Waals surface area contributed by atoms with Crippen LogP contribution in [0.15, 0.2) is 0 Å². The molecular weight excluding hydrogens is 232 g/mol. The molecule has 1 fully saturated rings. The van der Waals surface area contributed by atoms with Crippen molar-refractivity contribution in [1.82, 2.24) is 15.1 Å². The molecule has 3 N–H and O–H groups in total. The third kappa shape index (κ3) is 1.48. The molecule has 0 aromatic carbocycles. The van der Waals surface area contributed by atoms with E-state index in [1.165, 1.54) is 0 Å². The molecule has 2 heterocycles. The van der Waals surface area contributed by atoms with E-state index in [1.54, 1.807) is 4.90 Å². The Morgan fingerprint density at radius 3 is 2.72 bits per heavy atom. The molecule has 0 bridgehead atoms. The van der Waals surface area contributed by atoms with Gasteiger partial charge in [-0.25, -0.2) is 4.79 Å². The van der Waals surface area contributed by atoms with Crippen LogP contribution in [0.2, 0.25) is 0 Å². The molecule has 1 aromatic heterocycles. The maximum Gasteiger partial charge on any atom is 0.411 e. The average molecular weight is 250 g/mol. The number of ether oxygens (including phenoxy) is 1. The quantitative estimate of drug-likeness (QED) is 0.734. The number of aromatic amines is 1. The Morgan fingerprint density at radius 2 is 2.17 bits per heavy atom. The van der Waals surface area contributed by atoms with E-state index in [0.717, 1.165) is 24.1 Å². The monoisotopic (exact) mass is 250 g/mol. The van der Waals surface area contributed by atoms with Crippen LogP contribution in [-0.4, -0.2) is 26.8 Å². The van der Waals surface area contributed by atoms with Gasteiger partial charge < -0.3 is 10.5 Å². The Bertz CT molecular complexity index is 511. The number of anilines is 1. The number of aromatic nitrogens is 2. The second-order valence-corrected chi connectivity index (χ2v) is 6.06. The highest BCUT2D eigenvalue weighted by molar-refractivity contribution is 5.73. The Morgan fingerprint density at radius 1 is 1.50 bits per heavy atom. The minimum atomic E-state index is -0.479. The van der Waals surface area contributed by atoms with Crippen LogP contribution in [0.1, 0.15) is 44.9 Å². The van der Waals surface area contributed by atoms with Crippen molar-refractivity contribution in [2.75, 3.05) is 5.73 Å². The van der Waals surface area contributed by atoms with Gasteiger partial charge in [0.25, 0.3) is 0 Å². The van der Waals surface area contributed by atoms with Crippen molar-refractivity contribution in [2.45, 2.75) is 51.3 Å². The number of hydrogen-bond acceptors (Lipinski definition) is 4. The lowest BCUT2D eigenvalue weighted by Crippen LogP contribution is -2.39. The summed E-state index contributed by atoms with van der Waals surface area (Å²) < 4.78 is 5.45. The average Bonchev–Trinajstić information content (AvgIpc) is 2.81. The number of carbonyl (C=O) groups is 1. The first-order valence-corrected chi connectivity index (χ1v) is 6.17. The molecule has 0 radical (unpaired) electrons. The van der Waals surface area contributed by atoms with Crippen molar-refractivity contribution in [1.29, 1.82) is 0 Å². The third-order valence-electron chi connectivity index (χ3n) is 3.53. The Labute approximate surface area is 105 Å². The van der Waals surface area contributed by atoms with E-state index in [4.69, 9.17) is 10.5 Å². The van der Waals surface area contributed by atoms with Gasteiger partial charge in [-0.3, -0.25) is 10.00 Å². The lowest BCUT2D eigenvalue weighted by Gasteiger charge is -2.28. The molecule has 1 spiro atoms. The van der Waals surface area contributed by atoms with E-state index in [2.05, 4.69) is 10.2 Å². The van der Waals surface area contributed by atoms with Crippen LogP contribution in [-0.2, 0) is 16.8 Å². The summed E-state index contributed by atoms with van der Waals surface area (Å²) in [6, 6.07) is 0. The molecule has 98 valence electrons. The second kappa shape index (κ2) is 3.18. The van der Waals surface area contributed by atoms with Crippen LogP contribution in [0.4, 0.5) is 10.6 Å². The maximum atomic E-state index is 12.2. The number of amides is 1. The van der Waals surface area contributed by atoms with Crippen molar-refractivity contribution in [2.24, 2.45) is 0 Å². The first-order chi connectivity index (χ1) is 8.33. The molecule has 2 aliphatic rings. The molecule has 1 aliphatic heterocycles. The van der Waals surface area contributed by atoms with Gasteiger partial charge in [0.2, 0.25) is 0 Å². The van der Waals surface area contributed by atoms with Gasteiger partial charge in [0.15, 0.2) is 5.82 Å². The van der Waals surface area contributed by atoms with Gasteiger partial charge >= 0.3 is 6.09 Å². The lowest BCUT2D eigenvalue weighted by atomic mass is 10.1. The van der Waals surface area contributed by atoms with Crippen LogP contribution in [0.5, 0.6) is 0 Å². The summed E-state index contributed by atoms with van der Waals surface area (Å²) in [7, 11) is 0. The van der Waals surface area contributed by atoms with Crippen molar-refractivity contribution < 1.29 is 9.53 Å². The fourth-order valence-electron chi connectivity index (χ4n) is 2.56. The van der Waals surface area contributed by atoms with E-state index in [9.17, 15) is 4.79 Å².